The third kappa shape index (κ3) is 7.59. The summed E-state index contributed by atoms with van der Waals surface area (Å²) in [5.74, 6) is 1.96. The van der Waals surface area contributed by atoms with E-state index in [9.17, 15) is 4.79 Å². The van der Waals surface area contributed by atoms with Crippen molar-refractivity contribution >= 4 is 5.97 Å². The van der Waals surface area contributed by atoms with Crippen LogP contribution < -0.4 is 4.74 Å². The van der Waals surface area contributed by atoms with Crippen molar-refractivity contribution in [3.8, 4) is 17.1 Å². The van der Waals surface area contributed by atoms with E-state index < -0.39 is 5.92 Å². The third-order valence-electron chi connectivity index (χ3n) is 7.63. The molecule has 6 heteroatoms. The van der Waals surface area contributed by atoms with E-state index >= 15 is 0 Å². The molecule has 2 fully saturated rings. The molecular weight excluding hydrogens is 452 g/mol. The predicted molar refractivity (Wildman–Crippen MR) is 141 cm³/mol. The highest BCUT2D eigenvalue weighted by Gasteiger charge is 2.29. The zero-order valence-electron chi connectivity index (χ0n) is 22.0. The lowest BCUT2D eigenvalue weighted by atomic mass is 9.78. The van der Waals surface area contributed by atoms with Crippen LogP contribution in [0, 0.1) is 11.8 Å². The number of ether oxygens (including phenoxy) is 3. The Morgan fingerprint density at radius 3 is 2.19 bits per heavy atom. The van der Waals surface area contributed by atoms with Gasteiger partial charge in [-0.1, -0.05) is 46.0 Å². The molecule has 1 aliphatic carbocycles. The first-order valence-corrected chi connectivity index (χ1v) is 14.0. The van der Waals surface area contributed by atoms with Crippen LogP contribution >= 0.6 is 0 Å². The van der Waals surface area contributed by atoms with Gasteiger partial charge < -0.3 is 14.2 Å². The number of aromatic nitrogens is 2. The number of benzene rings is 1. The number of unbranched alkanes of at least 4 members (excludes halogenated alkanes) is 3. The molecule has 0 unspecified atom stereocenters. The molecule has 0 spiro atoms. The van der Waals surface area contributed by atoms with Crippen molar-refractivity contribution < 1.29 is 19.0 Å². The molecule has 36 heavy (non-hydrogen) atoms. The Hall–Kier alpha value is -2.31. The first kappa shape index (κ1) is 26.7. The van der Waals surface area contributed by atoms with Crippen molar-refractivity contribution in [2.24, 2.45) is 11.8 Å². The molecule has 1 saturated carbocycles. The smallest absolute Gasteiger partial charge is 0.319 e. The second-order valence-corrected chi connectivity index (χ2v) is 10.4. The maximum atomic E-state index is 12.5. The second-order valence-electron chi connectivity index (χ2n) is 10.4. The Labute approximate surface area is 216 Å². The predicted octanol–water partition coefficient (Wildman–Crippen LogP) is 7.08. The molecule has 196 valence electrons. The monoisotopic (exact) mass is 494 g/mol. The van der Waals surface area contributed by atoms with E-state index in [-0.39, 0.29) is 12.3 Å². The lowest BCUT2D eigenvalue weighted by Gasteiger charge is -2.28. The number of nitrogens with zero attached hydrogens (tertiary/aromatic N) is 2. The van der Waals surface area contributed by atoms with E-state index in [1.807, 2.05) is 24.5 Å². The average Bonchev–Trinajstić information content (AvgIpc) is 2.93. The van der Waals surface area contributed by atoms with Crippen molar-refractivity contribution in [2.75, 3.05) is 13.2 Å². The Morgan fingerprint density at radius 1 is 0.889 bits per heavy atom. The molecule has 0 N–H and O–H groups in total. The van der Waals surface area contributed by atoms with Gasteiger partial charge in [-0.25, -0.2) is 9.97 Å². The highest BCUT2D eigenvalue weighted by Crippen LogP contribution is 2.37. The van der Waals surface area contributed by atoms with Crippen LogP contribution in [0.3, 0.4) is 0 Å². The zero-order chi connectivity index (χ0) is 25.2. The lowest BCUT2D eigenvalue weighted by molar-refractivity contribution is -0.208. The van der Waals surface area contributed by atoms with Crippen LogP contribution in [-0.2, 0) is 14.3 Å². The number of hydrogen-bond donors (Lipinski definition) is 0. The van der Waals surface area contributed by atoms with Gasteiger partial charge in [-0.15, -0.1) is 0 Å². The van der Waals surface area contributed by atoms with Crippen LogP contribution in [0.5, 0.6) is 5.75 Å². The molecule has 4 rings (SSSR count). The summed E-state index contributed by atoms with van der Waals surface area (Å²) in [4.78, 5) is 21.8. The molecule has 6 nitrogen and oxygen atoms in total. The molecule has 1 aromatic carbocycles. The van der Waals surface area contributed by atoms with Gasteiger partial charge in [0.15, 0.2) is 12.1 Å². The van der Waals surface area contributed by atoms with Gasteiger partial charge in [0.2, 0.25) is 0 Å². The Morgan fingerprint density at radius 2 is 1.56 bits per heavy atom. The third-order valence-corrected chi connectivity index (χ3v) is 7.63. The Balaban J connectivity index is 1.24. The zero-order valence-corrected chi connectivity index (χ0v) is 22.0. The van der Waals surface area contributed by atoms with E-state index in [0.29, 0.717) is 30.7 Å². The molecule has 2 heterocycles. The SMILES string of the molecule is CCCCCC1OCC(C(=O)Oc2ccc(-c3ncc([C@H]4CC[C@H](CCCC)CC4)cn3)cc2)CO1. The first-order valence-electron chi connectivity index (χ1n) is 14.0. The van der Waals surface area contributed by atoms with Crippen LogP contribution in [0.1, 0.15) is 96.0 Å². The molecule has 0 radical (unpaired) electrons. The van der Waals surface area contributed by atoms with Gasteiger partial charge in [0.05, 0.1) is 13.2 Å². The summed E-state index contributed by atoms with van der Waals surface area (Å²) in [7, 11) is 0. The standard InChI is InChI=1S/C30H42N2O4/c1-3-5-7-9-28-34-20-26(21-35-28)30(33)36-27-16-14-24(15-17-27)29-31-18-25(19-32-29)23-12-10-22(11-13-23)8-6-4-2/h14-19,22-23,26,28H,3-13,20-21H2,1-2H3/t22-,23-,26?,28?. The fourth-order valence-electron chi connectivity index (χ4n) is 5.25. The van der Waals surface area contributed by atoms with Crippen LogP contribution in [-0.4, -0.2) is 35.4 Å². The molecule has 0 bridgehead atoms. The van der Waals surface area contributed by atoms with Crippen molar-refractivity contribution in [3.63, 3.8) is 0 Å². The Bertz CT molecular complexity index is 915. The summed E-state index contributed by atoms with van der Waals surface area (Å²) in [5.41, 5.74) is 2.16. The molecule has 0 atom stereocenters. The normalized spacial score (nSPS) is 24.4. The van der Waals surface area contributed by atoms with Crippen LogP contribution in [0.25, 0.3) is 11.4 Å². The van der Waals surface area contributed by atoms with Crippen molar-refractivity contribution in [1.29, 1.82) is 0 Å². The number of esters is 1. The van der Waals surface area contributed by atoms with Gasteiger partial charge in [0, 0.05) is 18.0 Å². The first-order chi connectivity index (χ1) is 17.7. The summed E-state index contributed by atoms with van der Waals surface area (Å²) in [6.45, 7) is 5.13. The van der Waals surface area contributed by atoms with Crippen molar-refractivity contribution in [1.82, 2.24) is 9.97 Å². The van der Waals surface area contributed by atoms with Crippen LogP contribution in [0.4, 0.5) is 0 Å². The summed E-state index contributed by atoms with van der Waals surface area (Å²) >= 11 is 0. The van der Waals surface area contributed by atoms with Gasteiger partial charge in [-0.05, 0) is 80.2 Å². The second kappa shape index (κ2) is 13.8. The number of carbonyl (C=O) groups is 1. The van der Waals surface area contributed by atoms with E-state index in [1.165, 1.54) is 56.9 Å². The van der Waals surface area contributed by atoms with Crippen LogP contribution in [0.2, 0.25) is 0 Å². The minimum Gasteiger partial charge on any atom is -0.426 e. The van der Waals surface area contributed by atoms with E-state index in [1.54, 1.807) is 12.1 Å². The molecule has 0 amide bonds. The van der Waals surface area contributed by atoms with E-state index in [0.717, 1.165) is 30.7 Å². The molecule has 2 aromatic rings. The molecule has 1 aliphatic heterocycles. The lowest BCUT2D eigenvalue weighted by Crippen LogP contribution is -2.38. The molecule has 1 aromatic heterocycles. The maximum absolute atomic E-state index is 12.5. The number of hydrogen-bond acceptors (Lipinski definition) is 6. The summed E-state index contributed by atoms with van der Waals surface area (Å²) < 4.78 is 17.0. The van der Waals surface area contributed by atoms with Gasteiger partial charge >= 0.3 is 5.97 Å². The summed E-state index contributed by atoms with van der Waals surface area (Å²) in [5, 5.41) is 0. The fourth-order valence-corrected chi connectivity index (χ4v) is 5.25. The van der Waals surface area contributed by atoms with Crippen LogP contribution in [0.15, 0.2) is 36.7 Å². The number of rotatable bonds is 11. The maximum Gasteiger partial charge on any atom is 0.319 e. The summed E-state index contributed by atoms with van der Waals surface area (Å²) in [6.07, 6.45) is 17.2. The largest absolute Gasteiger partial charge is 0.426 e. The van der Waals surface area contributed by atoms with Gasteiger partial charge in [-0.2, -0.15) is 0 Å². The quantitative estimate of drug-likeness (QED) is 0.189. The average molecular weight is 495 g/mol. The van der Waals surface area contributed by atoms with Crippen molar-refractivity contribution in [2.45, 2.75) is 96.7 Å². The minimum absolute atomic E-state index is 0.202. The van der Waals surface area contributed by atoms with E-state index in [2.05, 4.69) is 23.8 Å². The molecule has 2 aliphatic rings. The van der Waals surface area contributed by atoms with E-state index in [4.69, 9.17) is 14.2 Å². The van der Waals surface area contributed by atoms with Gasteiger partial charge in [0.1, 0.15) is 11.7 Å². The summed E-state index contributed by atoms with van der Waals surface area (Å²) in [6, 6.07) is 7.38. The highest BCUT2D eigenvalue weighted by atomic mass is 16.7. The Kier molecular flexibility index (Phi) is 10.3. The fraction of sp³-hybridized carbons (Fsp3) is 0.633. The highest BCUT2D eigenvalue weighted by molar-refractivity contribution is 5.75. The number of carbonyl (C=O) groups excluding carboxylic acids is 1. The van der Waals surface area contributed by atoms with Crippen molar-refractivity contribution in [3.05, 3.63) is 42.2 Å². The van der Waals surface area contributed by atoms with Gasteiger partial charge in [0.25, 0.3) is 0 Å². The minimum atomic E-state index is -0.398. The molecule has 1 saturated heterocycles. The van der Waals surface area contributed by atoms with Gasteiger partial charge in [-0.3, -0.25) is 4.79 Å². The topological polar surface area (TPSA) is 70.5 Å². The molecular formula is C30H42N2O4.